The number of hydrogen-bond donors (Lipinski definition) is 1. The quantitative estimate of drug-likeness (QED) is 0.767. The molecule has 3 nitrogen and oxygen atoms in total. The first kappa shape index (κ1) is 9.93. The summed E-state index contributed by atoms with van der Waals surface area (Å²) in [7, 11) is 0. The summed E-state index contributed by atoms with van der Waals surface area (Å²) < 4.78 is 0. The van der Waals surface area contributed by atoms with Gasteiger partial charge in [0.1, 0.15) is 5.03 Å². The minimum Gasteiger partial charge on any atom is -0.316 e. The van der Waals surface area contributed by atoms with Gasteiger partial charge in [-0.1, -0.05) is 0 Å². The van der Waals surface area contributed by atoms with Gasteiger partial charge in [0.05, 0.1) is 6.20 Å². The lowest BCUT2D eigenvalue weighted by molar-refractivity contribution is 0.410. The van der Waals surface area contributed by atoms with E-state index in [4.69, 9.17) is 0 Å². The van der Waals surface area contributed by atoms with Gasteiger partial charge in [0.15, 0.2) is 0 Å². The van der Waals surface area contributed by atoms with Crippen LogP contribution >= 0.6 is 11.8 Å². The first-order valence-electron chi connectivity index (χ1n) is 5.04. The molecule has 1 atom stereocenters. The molecule has 0 radical (unpaired) electrons. The molecule has 1 unspecified atom stereocenters. The summed E-state index contributed by atoms with van der Waals surface area (Å²) in [5.74, 6) is 1.96. The normalized spacial score (nSPS) is 22.1. The Labute approximate surface area is 88.7 Å². The van der Waals surface area contributed by atoms with E-state index in [1.807, 2.05) is 18.0 Å². The summed E-state index contributed by atoms with van der Waals surface area (Å²) in [6, 6.07) is 0. The van der Waals surface area contributed by atoms with Gasteiger partial charge in [-0.3, -0.25) is 4.98 Å². The Morgan fingerprint density at radius 2 is 2.50 bits per heavy atom. The van der Waals surface area contributed by atoms with E-state index in [-0.39, 0.29) is 0 Å². The maximum absolute atomic E-state index is 4.24. The van der Waals surface area contributed by atoms with Crippen LogP contribution in [0.1, 0.15) is 12.8 Å². The highest BCUT2D eigenvalue weighted by Crippen LogP contribution is 2.21. The van der Waals surface area contributed by atoms with E-state index >= 15 is 0 Å². The van der Waals surface area contributed by atoms with Gasteiger partial charge in [-0.2, -0.15) is 0 Å². The zero-order valence-electron chi connectivity index (χ0n) is 8.15. The van der Waals surface area contributed by atoms with Crippen molar-refractivity contribution in [2.24, 2.45) is 5.92 Å². The first-order chi connectivity index (χ1) is 6.95. The van der Waals surface area contributed by atoms with E-state index in [0.717, 1.165) is 23.2 Å². The Bertz CT molecular complexity index is 259. The number of nitrogens with zero attached hydrogens (tertiary/aromatic N) is 2. The van der Waals surface area contributed by atoms with Crippen molar-refractivity contribution in [2.75, 3.05) is 18.8 Å². The van der Waals surface area contributed by atoms with Crippen molar-refractivity contribution in [3.8, 4) is 0 Å². The van der Waals surface area contributed by atoms with Crippen molar-refractivity contribution in [3.63, 3.8) is 0 Å². The van der Waals surface area contributed by atoms with Crippen LogP contribution in [-0.4, -0.2) is 28.8 Å². The van der Waals surface area contributed by atoms with Gasteiger partial charge in [-0.25, -0.2) is 4.98 Å². The molecule has 1 aromatic heterocycles. The molecule has 4 heteroatoms. The van der Waals surface area contributed by atoms with Crippen LogP contribution in [0.4, 0.5) is 0 Å². The number of hydrogen-bond acceptors (Lipinski definition) is 4. The highest BCUT2D eigenvalue weighted by Gasteiger charge is 2.13. The number of piperidine rings is 1. The van der Waals surface area contributed by atoms with Gasteiger partial charge in [0.25, 0.3) is 0 Å². The summed E-state index contributed by atoms with van der Waals surface area (Å²) in [5, 5.41) is 4.46. The highest BCUT2D eigenvalue weighted by molar-refractivity contribution is 7.99. The largest absolute Gasteiger partial charge is 0.316 e. The second-order valence-electron chi connectivity index (χ2n) is 3.57. The molecule has 2 heterocycles. The fourth-order valence-corrected chi connectivity index (χ4v) is 2.59. The SMILES string of the molecule is c1cnc(SCC2CCCNC2)cn1. The highest BCUT2D eigenvalue weighted by atomic mass is 32.2. The lowest BCUT2D eigenvalue weighted by Crippen LogP contribution is -2.30. The average Bonchev–Trinajstić information content (AvgIpc) is 2.29. The van der Waals surface area contributed by atoms with Gasteiger partial charge in [-0.15, -0.1) is 11.8 Å². The smallest absolute Gasteiger partial charge is 0.114 e. The molecule has 76 valence electrons. The van der Waals surface area contributed by atoms with Crippen LogP contribution in [0.15, 0.2) is 23.6 Å². The molecule has 0 spiro atoms. The Balaban J connectivity index is 1.76. The maximum atomic E-state index is 4.24. The Morgan fingerprint density at radius 3 is 3.21 bits per heavy atom. The first-order valence-corrected chi connectivity index (χ1v) is 6.03. The van der Waals surface area contributed by atoms with Crippen LogP contribution in [0.2, 0.25) is 0 Å². The van der Waals surface area contributed by atoms with Crippen LogP contribution in [0.5, 0.6) is 0 Å². The minimum atomic E-state index is 0.802. The van der Waals surface area contributed by atoms with E-state index in [9.17, 15) is 0 Å². The average molecular weight is 209 g/mol. The van der Waals surface area contributed by atoms with Crippen LogP contribution in [0.3, 0.4) is 0 Å². The lowest BCUT2D eigenvalue weighted by Gasteiger charge is -2.21. The molecule has 1 aromatic rings. The Morgan fingerprint density at radius 1 is 1.50 bits per heavy atom. The molecular formula is C10H15N3S. The maximum Gasteiger partial charge on any atom is 0.114 e. The molecule has 14 heavy (non-hydrogen) atoms. The molecule has 1 aliphatic heterocycles. The second kappa shape index (κ2) is 5.32. The summed E-state index contributed by atoms with van der Waals surface area (Å²) >= 11 is 1.81. The summed E-state index contributed by atoms with van der Waals surface area (Å²) in [5.41, 5.74) is 0. The number of thioether (sulfide) groups is 1. The number of nitrogens with one attached hydrogen (secondary N) is 1. The zero-order valence-corrected chi connectivity index (χ0v) is 8.96. The zero-order chi connectivity index (χ0) is 9.64. The van der Waals surface area contributed by atoms with Gasteiger partial charge < -0.3 is 5.32 Å². The third-order valence-corrected chi connectivity index (χ3v) is 3.55. The molecule has 0 amide bonds. The van der Waals surface area contributed by atoms with Gasteiger partial charge in [-0.05, 0) is 31.8 Å². The molecule has 2 rings (SSSR count). The van der Waals surface area contributed by atoms with Gasteiger partial charge in [0, 0.05) is 18.1 Å². The number of rotatable bonds is 3. The molecular weight excluding hydrogens is 194 g/mol. The molecule has 1 saturated heterocycles. The van der Waals surface area contributed by atoms with E-state index in [0.29, 0.717) is 0 Å². The molecule has 1 N–H and O–H groups in total. The van der Waals surface area contributed by atoms with Crippen molar-refractivity contribution < 1.29 is 0 Å². The second-order valence-corrected chi connectivity index (χ2v) is 4.61. The Kier molecular flexibility index (Phi) is 3.77. The summed E-state index contributed by atoms with van der Waals surface area (Å²) in [6.45, 7) is 2.35. The molecule has 1 aliphatic rings. The third kappa shape index (κ3) is 2.96. The van der Waals surface area contributed by atoms with Crippen LogP contribution in [0.25, 0.3) is 0 Å². The van der Waals surface area contributed by atoms with Gasteiger partial charge >= 0.3 is 0 Å². The molecule has 1 fully saturated rings. The predicted molar refractivity (Wildman–Crippen MR) is 58.3 cm³/mol. The van der Waals surface area contributed by atoms with Crippen molar-refractivity contribution in [3.05, 3.63) is 18.6 Å². The number of aromatic nitrogens is 2. The molecule has 0 bridgehead atoms. The summed E-state index contributed by atoms with van der Waals surface area (Å²) in [6.07, 6.45) is 7.96. The topological polar surface area (TPSA) is 37.8 Å². The van der Waals surface area contributed by atoms with Crippen molar-refractivity contribution in [2.45, 2.75) is 17.9 Å². The standard InChI is InChI=1S/C10H15N3S/c1-2-9(6-11-3-1)8-14-10-7-12-4-5-13-10/h4-5,7,9,11H,1-3,6,8H2. The minimum absolute atomic E-state index is 0.802. The van der Waals surface area contributed by atoms with Crippen molar-refractivity contribution in [1.82, 2.24) is 15.3 Å². The van der Waals surface area contributed by atoms with E-state index < -0.39 is 0 Å². The molecule has 0 aliphatic carbocycles. The van der Waals surface area contributed by atoms with Crippen molar-refractivity contribution >= 4 is 11.8 Å². The molecule has 0 aromatic carbocycles. The molecule has 0 saturated carbocycles. The fourth-order valence-electron chi connectivity index (χ4n) is 1.63. The van der Waals surface area contributed by atoms with E-state index in [1.54, 1.807) is 12.4 Å². The monoisotopic (exact) mass is 209 g/mol. The van der Waals surface area contributed by atoms with Crippen LogP contribution in [0, 0.1) is 5.92 Å². The summed E-state index contributed by atoms with van der Waals surface area (Å²) in [4.78, 5) is 8.29. The Hall–Kier alpha value is -0.610. The fraction of sp³-hybridized carbons (Fsp3) is 0.600. The lowest BCUT2D eigenvalue weighted by atomic mass is 10.0. The van der Waals surface area contributed by atoms with E-state index in [1.165, 1.54) is 19.4 Å². The van der Waals surface area contributed by atoms with E-state index in [2.05, 4.69) is 15.3 Å². The van der Waals surface area contributed by atoms with Gasteiger partial charge in [0.2, 0.25) is 0 Å². The van der Waals surface area contributed by atoms with Crippen molar-refractivity contribution in [1.29, 1.82) is 0 Å². The predicted octanol–water partition coefficient (Wildman–Crippen LogP) is 1.57. The van der Waals surface area contributed by atoms with Crippen LogP contribution in [-0.2, 0) is 0 Å². The third-order valence-electron chi connectivity index (χ3n) is 2.41. The van der Waals surface area contributed by atoms with Crippen LogP contribution < -0.4 is 5.32 Å².